The fourth-order valence-corrected chi connectivity index (χ4v) is 1.67. The van der Waals surface area contributed by atoms with Crippen molar-refractivity contribution in [2.45, 2.75) is 6.42 Å². The van der Waals surface area contributed by atoms with E-state index in [2.05, 4.69) is 25.9 Å². The van der Waals surface area contributed by atoms with Crippen LogP contribution in [0.4, 0.5) is 10.1 Å². The number of nitrogens with zero attached hydrogens (tertiary/aromatic N) is 4. The van der Waals surface area contributed by atoms with Gasteiger partial charge in [-0.25, -0.2) is 4.39 Å². The number of rotatable bonds is 8. The smallest absolute Gasteiger partial charge is 0.216 e. The van der Waals surface area contributed by atoms with Crippen LogP contribution < -0.4 is 10.1 Å². The monoisotopic (exact) mass is 318 g/mol. The topological polar surface area (TPSA) is 109 Å². The van der Waals surface area contributed by atoms with Crippen LogP contribution in [0.25, 0.3) is 5.57 Å². The molecule has 0 aliphatic rings. The van der Waals surface area contributed by atoms with E-state index in [9.17, 15) is 4.39 Å². The predicted octanol–water partition coefficient (Wildman–Crippen LogP) is 1.73. The summed E-state index contributed by atoms with van der Waals surface area (Å²) in [5.74, 6) is -0.188. The molecule has 2 N–H and O–H groups in total. The van der Waals surface area contributed by atoms with Gasteiger partial charge in [0.25, 0.3) is 0 Å². The highest BCUT2D eigenvalue weighted by atomic mass is 19.1. The number of ether oxygens (including phenoxy) is 2. The van der Waals surface area contributed by atoms with Gasteiger partial charge in [-0.15, -0.1) is 10.2 Å². The lowest BCUT2D eigenvalue weighted by molar-refractivity contribution is 0.170. The summed E-state index contributed by atoms with van der Waals surface area (Å²) in [6.45, 7) is 0.924. The van der Waals surface area contributed by atoms with E-state index in [0.717, 1.165) is 0 Å². The number of anilines is 1. The summed E-state index contributed by atoms with van der Waals surface area (Å²) in [6.07, 6.45) is 2.05. The van der Waals surface area contributed by atoms with E-state index in [1.54, 1.807) is 13.2 Å². The molecule has 23 heavy (non-hydrogen) atoms. The molecule has 1 heterocycles. The number of tetrazole rings is 1. The van der Waals surface area contributed by atoms with E-state index in [1.165, 1.54) is 18.3 Å². The highest BCUT2D eigenvalue weighted by Crippen LogP contribution is 2.21. The van der Waals surface area contributed by atoms with E-state index in [0.29, 0.717) is 25.3 Å². The second kappa shape index (κ2) is 8.45. The van der Waals surface area contributed by atoms with Crippen molar-refractivity contribution in [1.29, 1.82) is 5.26 Å². The van der Waals surface area contributed by atoms with E-state index in [1.807, 2.05) is 6.07 Å². The molecule has 0 atom stereocenters. The molecule has 1 aromatic heterocycles. The van der Waals surface area contributed by atoms with Crippen molar-refractivity contribution in [1.82, 2.24) is 20.6 Å². The lowest BCUT2D eigenvalue weighted by Crippen LogP contribution is -2.03. The first-order valence-corrected chi connectivity index (χ1v) is 6.76. The number of aromatic amines is 1. The number of benzene rings is 1. The zero-order valence-corrected chi connectivity index (χ0v) is 12.4. The van der Waals surface area contributed by atoms with Gasteiger partial charge in [-0.05, 0) is 17.3 Å². The van der Waals surface area contributed by atoms with Crippen molar-refractivity contribution in [3.8, 4) is 11.8 Å². The van der Waals surface area contributed by atoms with Crippen LogP contribution in [0.5, 0.6) is 5.75 Å². The molecule has 0 aliphatic heterocycles. The first-order chi connectivity index (χ1) is 11.2. The van der Waals surface area contributed by atoms with Crippen LogP contribution in [0, 0.1) is 17.1 Å². The Hall–Kier alpha value is -2.99. The quantitative estimate of drug-likeness (QED) is 0.563. The maximum Gasteiger partial charge on any atom is 0.216 e. The number of hydrogen-bond acceptors (Lipinski definition) is 7. The van der Waals surface area contributed by atoms with E-state index in [4.69, 9.17) is 14.7 Å². The highest BCUT2D eigenvalue weighted by molar-refractivity contribution is 5.74. The molecule has 0 aliphatic carbocycles. The predicted molar refractivity (Wildman–Crippen MR) is 79.8 cm³/mol. The Bertz CT molecular complexity index is 696. The van der Waals surface area contributed by atoms with Crippen molar-refractivity contribution in [2.75, 3.05) is 25.6 Å². The molecule has 0 saturated heterocycles. The molecule has 8 nitrogen and oxygen atoms in total. The van der Waals surface area contributed by atoms with Crippen molar-refractivity contribution in [2.24, 2.45) is 0 Å². The Kier molecular flexibility index (Phi) is 6.02. The minimum atomic E-state index is -0.501. The van der Waals surface area contributed by atoms with Gasteiger partial charge in [-0.2, -0.15) is 10.5 Å². The van der Waals surface area contributed by atoms with Crippen molar-refractivity contribution < 1.29 is 13.9 Å². The average molecular weight is 318 g/mol. The Labute approximate surface area is 131 Å². The number of nitriles is 1. The summed E-state index contributed by atoms with van der Waals surface area (Å²) in [5.41, 5.74) is 0.627. The van der Waals surface area contributed by atoms with Gasteiger partial charge in [0, 0.05) is 38.1 Å². The third kappa shape index (κ3) is 4.76. The second-order valence-corrected chi connectivity index (χ2v) is 4.39. The number of H-pyrrole nitrogens is 1. The number of allylic oxidation sites excluding steroid dienone is 1. The molecule has 120 valence electrons. The molecule has 1 aromatic carbocycles. The number of methoxy groups -OCH3 is 1. The van der Waals surface area contributed by atoms with E-state index < -0.39 is 5.82 Å². The van der Waals surface area contributed by atoms with Crippen LogP contribution in [0.15, 0.2) is 24.4 Å². The number of halogens is 1. The molecule has 2 rings (SSSR count). The van der Waals surface area contributed by atoms with Gasteiger partial charge in [0.15, 0.2) is 11.6 Å². The Morgan fingerprint density at radius 3 is 3.00 bits per heavy atom. The summed E-state index contributed by atoms with van der Waals surface area (Å²) < 4.78 is 24.1. The summed E-state index contributed by atoms with van der Waals surface area (Å²) in [7, 11) is 1.60. The Morgan fingerprint density at radius 1 is 1.48 bits per heavy atom. The molecule has 0 unspecified atom stereocenters. The molecule has 0 amide bonds. The number of nitrogens with one attached hydrogen (secondary N) is 2. The minimum absolute atomic E-state index is 0.151. The summed E-state index contributed by atoms with van der Waals surface area (Å²) in [4.78, 5) is 0. The zero-order chi connectivity index (χ0) is 16.5. The maximum absolute atomic E-state index is 13.9. The normalized spacial score (nSPS) is 11.1. The van der Waals surface area contributed by atoms with Gasteiger partial charge < -0.3 is 14.8 Å². The van der Waals surface area contributed by atoms with Gasteiger partial charge in [-0.1, -0.05) is 0 Å². The largest absolute Gasteiger partial charge is 0.490 e. The summed E-state index contributed by atoms with van der Waals surface area (Å²) in [5, 5.41) is 24.9. The first kappa shape index (κ1) is 16.4. The molecule has 0 fully saturated rings. The third-order valence-electron chi connectivity index (χ3n) is 2.77. The lowest BCUT2D eigenvalue weighted by atomic mass is 10.2. The molecule has 9 heteroatoms. The van der Waals surface area contributed by atoms with Crippen molar-refractivity contribution >= 4 is 11.3 Å². The van der Waals surface area contributed by atoms with Crippen LogP contribution in [0.2, 0.25) is 0 Å². The zero-order valence-electron chi connectivity index (χ0n) is 12.4. The Balaban J connectivity index is 1.99. The standard InChI is InChI=1S/C14H15FN6O2/c1-22-5-2-6-23-13-4-3-11(7-12(13)15)17-9-10(8-16)14-18-20-21-19-14/h3-4,7,9,17H,2,5-6H2,1H3,(H,18,19,20,21). The minimum Gasteiger partial charge on any atom is -0.490 e. The van der Waals surface area contributed by atoms with E-state index >= 15 is 0 Å². The molecular formula is C14H15FN6O2. The van der Waals surface area contributed by atoms with Gasteiger partial charge in [0.05, 0.1) is 6.61 Å². The van der Waals surface area contributed by atoms with Crippen LogP contribution in [0.1, 0.15) is 12.2 Å². The number of aromatic nitrogens is 4. The third-order valence-corrected chi connectivity index (χ3v) is 2.77. The van der Waals surface area contributed by atoms with Gasteiger partial charge in [-0.3, -0.25) is 0 Å². The fourth-order valence-electron chi connectivity index (χ4n) is 1.67. The maximum atomic E-state index is 13.9. The molecule has 0 radical (unpaired) electrons. The average Bonchev–Trinajstić information content (AvgIpc) is 3.08. The van der Waals surface area contributed by atoms with Crippen LogP contribution in [-0.2, 0) is 4.74 Å². The van der Waals surface area contributed by atoms with E-state index in [-0.39, 0.29) is 17.1 Å². The summed E-state index contributed by atoms with van der Waals surface area (Å²) in [6, 6.07) is 6.34. The molecule has 0 spiro atoms. The molecule has 0 saturated carbocycles. The van der Waals surface area contributed by atoms with Gasteiger partial charge in [0.2, 0.25) is 5.82 Å². The highest BCUT2D eigenvalue weighted by Gasteiger charge is 2.07. The lowest BCUT2D eigenvalue weighted by Gasteiger charge is -2.08. The second-order valence-electron chi connectivity index (χ2n) is 4.39. The van der Waals surface area contributed by atoms with Crippen molar-refractivity contribution in [3.05, 3.63) is 36.0 Å². The first-order valence-electron chi connectivity index (χ1n) is 6.76. The van der Waals surface area contributed by atoms with Crippen LogP contribution in [0.3, 0.4) is 0 Å². The summed E-state index contributed by atoms with van der Waals surface area (Å²) >= 11 is 0. The van der Waals surface area contributed by atoms with Crippen LogP contribution in [-0.4, -0.2) is 40.9 Å². The molecule has 0 bridgehead atoms. The molecule has 2 aromatic rings. The molecular weight excluding hydrogens is 303 g/mol. The van der Waals surface area contributed by atoms with Crippen LogP contribution >= 0.6 is 0 Å². The fraction of sp³-hybridized carbons (Fsp3) is 0.286. The Morgan fingerprint density at radius 2 is 2.35 bits per heavy atom. The van der Waals surface area contributed by atoms with Crippen molar-refractivity contribution in [3.63, 3.8) is 0 Å². The number of hydrogen-bond donors (Lipinski definition) is 2. The SMILES string of the molecule is COCCCOc1ccc(NC=C(C#N)c2nn[nH]n2)cc1F. The van der Waals surface area contributed by atoms with Gasteiger partial charge in [0.1, 0.15) is 11.6 Å². The van der Waals surface area contributed by atoms with Gasteiger partial charge >= 0.3 is 0 Å².